The topological polar surface area (TPSA) is 54.9 Å². The van der Waals surface area contributed by atoms with E-state index in [0.29, 0.717) is 11.9 Å². The number of piperidine rings is 1. The Balaban J connectivity index is 1.23. The van der Waals surface area contributed by atoms with E-state index in [0.717, 1.165) is 56.6 Å². The summed E-state index contributed by atoms with van der Waals surface area (Å²) in [6.45, 7) is 2.61. The lowest BCUT2D eigenvalue weighted by Gasteiger charge is -2.53. The molecule has 0 radical (unpaired) electrons. The molecule has 2 aromatic rings. The number of likely N-dealkylation sites (tertiary alicyclic amines) is 2. The van der Waals surface area contributed by atoms with Crippen molar-refractivity contribution >= 4 is 5.91 Å². The first-order valence-corrected chi connectivity index (χ1v) is 11.3. The fourth-order valence-electron chi connectivity index (χ4n) is 5.40. The van der Waals surface area contributed by atoms with Gasteiger partial charge < -0.3 is 14.4 Å². The molecule has 2 atom stereocenters. The smallest absolute Gasteiger partial charge is 0.233 e. The molecule has 2 aliphatic heterocycles. The fourth-order valence-corrected chi connectivity index (χ4v) is 5.40. The molecular formula is C25H31N3O3. The minimum Gasteiger partial charge on any atom is -0.497 e. The summed E-state index contributed by atoms with van der Waals surface area (Å²) in [5, 5.41) is 0. The number of ether oxygens (including phenoxy) is 2. The normalized spacial score (nSPS) is 25.7. The van der Waals surface area contributed by atoms with Gasteiger partial charge in [0.05, 0.1) is 24.7 Å². The van der Waals surface area contributed by atoms with Gasteiger partial charge in [-0.3, -0.25) is 14.7 Å². The molecule has 3 heterocycles. The molecule has 6 nitrogen and oxygen atoms in total. The Morgan fingerprint density at radius 3 is 2.42 bits per heavy atom. The van der Waals surface area contributed by atoms with Crippen molar-refractivity contribution in [3.8, 4) is 5.75 Å². The van der Waals surface area contributed by atoms with Crippen molar-refractivity contribution < 1.29 is 14.3 Å². The van der Waals surface area contributed by atoms with Gasteiger partial charge in [-0.15, -0.1) is 0 Å². The molecular weight excluding hydrogens is 390 g/mol. The maximum absolute atomic E-state index is 13.4. The van der Waals surface area contributed by atoms with Crippen LogP contribution in [0, 0.1) is 0 Å². The van der Waals surface area contributed by atoms with Crippen LogP contribution in [-0.2, 0) is 14.9 Å². The second-order valence-corrected chi connectivity index (χ2v) is 9.04. The Hall–Kier alpha value is -2.44. The van der Waals surface area contributed by atoms with Gasteiger partial charge in [0.2, 0.25) is 5.91 Å². The molecule has 1 saturated carbocycles. The molecule has 5 rings (SSSR count). The van der Waals surface area contributed by atoms with Crippen molar-refractivity contribution in [2.45, 2.75) is 49.3 Å². The van der Waals surface area contributed by atoms with Crippen LogP contribution in [0.3, 0.4) is 0 Å². The van der Waals surface area contributed by atoms with Crippen LogP contribution in [0.25, 0.3) is 0 Å². The number of benzene rings is 1. The molecule has 3 aliphatic rings. The minimum absolute atomic E-state index is 0.216. The third-order valence-corrected chi connectivity index (χ3v) is 7.45. The number of aromatic nitrogens is 1. The predicted octanol–water partition coefficient (Wildman–Crippen LogP) is 3.18. The van der Waals surface area contributed by atoms with Gasteiger partial charge in [0.1, 0.15) is 5.75 Å². The van der Waals surface area contributed by atoms with Gasteiger partial charge in [0.15, 0.2) is 0 Å². The van der Waals surface area contributed by atoms with Crippen LogP contribution in [0.4, 0.5) is 0 Å². The average molecular weight is 422 g/mol. The van der Waals surface area contributed by atoms with Crippen LogP contribution >= 0.6 is 0 Å². The zero-order valence-electron chi connectivity index (χ0n) is 18.4. The number of nitrogens with zero attached hydrogens (tertiary/aromatic N) is 3. The maximum Gasteiger partial charge on any atom is 0.233 e. The van der Waals surface area contributed by atoms with Crippen molar-refractivity contribution in [3.63, 3.8) is 0 Å². The molecule has 1 amide bonds. The number of carbonyl (C=O) groups is 1. The molecule has 6 heteroatoms. The molecule has 0 N–H and O–H groups in total. The SMILES string of the molecule is COc1ccc(C2(C(=O)N3CCC(N4C[C@H](OC)[C@@H]4c4cccnc4)CC3)CC2)cc1. The molecule has 1 aliphatic carbocycles. The lowest BCUT2D eigenvalue weighted by Crippen LogP contribution is -2.60. The Bertz CT molecular complexity index is 905. The van der Waals surface area contributed by atoms with Gasteiger partial charge in [0, 0.05) is 45.2 Å². The number of methoxy groups -OCH3 is 2. The highest BCUT2D eigenvalue weighted by molar-refractivity contribution is 5.91. The summed E-state index contributed by atoms with van der Waals surface area (Å²) in [5.41, 5.74) is 2.04. The van der Waals surface area contributed by atoms with Crippen LogP contribution in [0.15, 0.2) is 48.8 Å². The first kappa shape index (κ1) is 20.5. The van der Waals surface area contributed by atoms with Gasteiger partial charge >= 0.3 is 0 Å². The number of carbonyl (C=O) groups excluding carboxylic acids is 1. The van der Waals surface area contributed by atoms with Crippen molar-refractivity contribution in [2.75, 3.05) is 33.9 Å². The van der Waals surface area contributed by atoms with Crippen LogP contribution in [-0.4, -0.2) is 66.7 Å². The van der Waals surface area contributed by atoms with Crippen LogP contribution in [0.1, 0.15) is 42.9 Å². The minimum atomic E-state index is -0.310. The van der Waals surface area contributed by atoms with Crippen LogP contribution in [0.5, 0.6) is 5.75 Å². The van der Waals surface area contributed by atoms with Gasteiger partial charge in [-0.25, -0.2) is 0 Å². The maximum atomic E-state index is 13.4. The quantitative estimate of drug-likeness (QED) is 0.717. The Kier molecular flexibility index (Phi) is 5.44. The van der Waals surface area contributed by atoms with E-state index >= 15 is 0 Å². The van der Waals surface area contributed by atoms with E-state index in [1.54, 1.807) is 14.2 Å². The molecule has 1 aromatic heterocycles. The third-order valence-electron chi connectivity index (χ3n) is 7.45. The Morgan fingerprint density at radius 2 is 1.84 bits per heavy atom. The lowest BCUT2D eigenvalue weighted by molar-refractivity contribution is -0.140. The van der Waals surface area contributed by atoms with E-state index in [-0.39, 0.29) is 17.6 Å². The lowest BCUT2D eigenvalue weighted by atomic mass is 9.87. The summed E-state index contributed by atoms with van der Waals surface area (Å²) in [4.78, 5) is 22.4. The monoisotopic (exact) mass is 421 g/mol. The van der Waals surface area contributed by atoms with Crippen molar-refractivity contribution in [1.82, 2.24) is 14.8 Å². The van der Waals surface area contributed by atoms with Crippen molar-refractivity contribution in [2.24, 2.45) is 0 Å². The van der Waals surface area contributed by atoms with Crippen molar-refractivity contribution in [1.29, 1.82) is 0 Å². The van der Waals surface area contributed by atoms with Gasteiger partial charge in [-0.1, -0.05) is 18.2 Å². The highest BCUT2D eigenvalue weighted by Gasteiger charge is 2.53. The van der Waals surface area contributed by atoms with Gasteiger partial charge in [-0.2, -0.15) is 0 Å². The van der Waals surface area contributed by atoms with E-state index in [4.69, 9.17) is 9.47 Å². The summed E-state index contributed by atoms with van der Waals surface area (Å²) < 4.78 is 11.0. The number of pyridine rings is 1. The molecule has 31 heavy (non-hydrogen) atoms. The standard InChI is InChI=1S/C25H31N3O3/c1-30-21-7-5-19(6-8-21)25(11-12-25)24(29)27-14-9-20(10-15-27)28-17-22(31-2)23(28)18-4-3-13-26-16-18/h3-8,13,16,20,22-23H,9-12,14-15,17H2,1-2H3/t22-,23-/m0/s1. The molecule has 1 aromatic carbocycles. The predicted molar refractivity (Wildman–Crippen MR) is 118 cm³/mol. The first-order valence-electron chi connectivity index (χ1n) is 11.3. The zero-order valence-corrected chi connectivity index (χ0v) is 18.4. The molecule has 164 valence electrons. The van der Waals surface area contributed by atoms with Gasteiger partial charge in [0.25, 0.3) is 0 Å². The Labute approximate surface area is 184 Å². The summed E-state index contributed by atoms with van der Waals surface area (Å²) in [6.07, 6.45) is 7.90. The highest BCUT2D eigenvalue weighted by atomic mass is 16.5. The van der Waals surface area contributed by atoms with E-state index in [1.807, 2.05) is 30.6 Å². The van der Waals surface area contributed by atoms with Crippen LogP contribution in [0.2, 0.25) is 0 Å². The van der Waals surface area contributed by atoms with E-state index in [2.05, 4.69) is 33.0 Å². The first-order chi connectivity index (χ1) is 15.2. The van der Waals surface area contributed by atoms with E-state index < -0.39 is 0 Å². The number of amides is 1. The molecule has 3 fully saturated rings. The zero-order chi connectivity index (χ0) is 21.4. The van der Waals surface area contributed by atoms with Crippen LogP contribution < -0.4 is 4.74 Å². The Morgan fingerprint density at radius 1 is 1.10 bits per heavy atom. The molecule has 2 saturated heterocycles. The van der Waals surface area contributed by atoms with Gasteiger partial charge in [-0.05, 0) is 55.0 Å². The molecule has 0 bridgehead atoms. The number of hydrogen-bond donors (Lipinski definition) is 0. The molecule has 0 unspecified atom stereocenters. The highest BCUT2D eigenvalue weighted by Crippen LogP contribution is 2.50. The fraction of sp³-hybridized carbons (Fsp3) is 0.520. The van der Waals surface area contributed by atoms with E-state index in [1.165, 1.54) is 5.56 Å². The summed E-state index contributed by atoms with van der Waals surface area (Å²) in [6, 6.07) is 12.9. The van der Waals surface area contributed by atoms with Crippen molar-refractivity contribution in [3.05, 3.63) is 59.9 Å². The third kappa shape index (κ3) is 3.62. The second kappa shape index (κ2) is 8.24. The number of rotatable bonds is 6. The van der Waals surface area contributed by atoms with E-state index in [9.17, 15) is 4.79 Å². The number of hydrogen-bond acceptors (Lipinski definition) is 5. The summed E-state index contributed by atoms with van der Waals surface area (Å²) >= 11 is 0. The average Bonchev–Trinajstić information content (AvgIpc) is 3.62. The summed E-state index contributed by atoms with van der Waals surface area (Å²) in [7, 11) is 3.46. The largest absolute Gasteiger partial charge is 0.497 e. The second-order valence-electron chi connectivity index (χ2n) is 9.04. The molecule has 0 spiro atoms. The summed E-state index contributed by atoms with van der Waals surface area (Å²) in [5.74, 6) is 1.14.